The predicted molar refractivity (Wildman–Crippen MR) is 125 cm³/mol. The number of nitrogens with zero attached hydrogens (tertiary/aromatic N) is 4. The van der Waals surface area contributed by atoms with Crippen LogP contribution in [0, 0.1) is 0 Å². The Morgan fingerprint density at radius 2 is 2.00 bits per heavy atom. The minimum atomic E-state index is -1.02. The minimum absolute atomic E-state index is 0.0812. The van der Waals surface area contributed by atoms with Crippen molar-refractivity contribution in [3.05, 3.63) is 78.1 Å². The van der Waals surface area contributed by atoms with Gasteiger partial charge in [0.2, 0.25) is 0 Å². The average Bonchev–Trinajstić information content (AvgIpc) is 3.36. The van der Waals surface area contributed by atoms with E-state index >= 15 is 0 Å². The number of fused-ring (bicyclic) bond motifs is 2. The van der Waals surface area contributed by atoms with E-state index in [4.69, 9.17) is 5.10 Å². The Bertz CT molecular complexity index is 1400. The molecule has 0 bridgehead atoms. The van der Waals surface area contributed by atoms with Crippen LogP contribution in [0.4, 0.5) is 11.5 Å². The Kier molecular flexibility index (Phi) is 4.87. The molecule has 0 radical (unpaired) electrons. The molecule has 3 aromatic heterocycles. The SMILES string of the molecule is CB(Cc1ccccc1)n1nc(Nc2ccc3c(C(=O)O)nsc3c2)c2ncccc21. The molecule has 2 aromatic carbocycles. The van der Waals surface area contributed by atoms with Crippen molar-refractivity contribution in [1.29, 1.82) is 0 Å². The van der Waals surface area contributed by atoms with Gasteiger partial charge in [-0.2, -0.15) is 9.47 Å². The highest BCUT2D eigenvalue weighted by molar-refractivity contribution is 7.13. The molecular weight excluding hydrogens is 409 g/mol. The second-order valence-electron chi connectivity index (χ2n) is 7.38. The van der Waals surface area contributed by atoms with Crippen molar-refractivity contribution >= 4 is 57.0 Å². The number of aromatic nitrogens is 4. The first-order valence-electron chi connectivity index (χ1n) is 9.87. The van der Waals surface area contributed by atoms with Gasteiger partial charge in [0, 0.05) is 17.3 Å². The lowest BCUT2D eigenvalue weighted by molar-refractivity contribution is 0.0694. The smallest absolute Gasteiger partial charge is 0.356 e. The molecule has 31 heavy (non-hydrogen) atoms. The molecule has 0 aliphatic rings. The van der Waals surface area contributed by atoms with Crippen LogP contribution in [0.15, 0.2) is 66.9 Å². The van der Waals surface area contributed by atoms with Gasteiger partial charge in [0.1, 0.15) is 5.52 Å². The Labute approximate surface area is 182 Å². The summed E-state index contributed by atoms with van der Waals surface area (Å²) in [7, 11) is 0. The number of pyridine rings is 1. The third-order valence-corrected chi connectivity index (χ3v) is 6.00. The van der Waals surface area contributed by atoms with Gasteiger partial charge in [-0.25, -0.2) is 4.79 Å². The van der Waals surface area contributed by atoms with Gasteiger partial charge in [-0.1, -0.05) is 42.7 Å². The molecular formula is C22H18BN5O2S. The van der Waals surface area contributed by atoms with Crippen molar-refractivity contribution in [3.8, 4) is 0 Å². The van der Waals surface area contributed by atoms with Crippen molar-refractivity contribution < 1.29 is 9.90 Å². The summed E-state index contributed by atoms with van der Waals surface area (Å²) >= 11 is 1.17. The van der Waals surface area contributed by atoms with Crippen LogP contribution in [0.1, 0.15) is 16.1 Å². The molecule has 0 saturated heterocycles. The second kappa shape index (κ2) is 7.84. The molecule has 7 nitrogen and oxygen atoms in total. The van der Waals surface area contributed by atoms with Crippen LogP contribution in [0.3, 0.4) is 0 Å². The molecule has 0 aliphatic carbocycles. The third-order valence-electron chi connectivity index (χ3n) is 5.19. The average molecular weight is 427 g/mol. The largest absolute Gasteiger partial charge is 0.476 e. The van der Waals surface area contributed by atoms with E-state index in [1.54, 1.807) is 12.3 Å². The Morgan fingerprint density at radius 1 is 1.16 bits per heavy atom. The molecule has 5 rings (SSSR count). The maximum atomic E-state index is 11.3. The van der Waals surface area contributed by atoms with E-state index < -0.39 is 5.97 Å². The lowest BCUT2D eigenvalue weighted by Gasteiger charge is -2.10. The van der Waals surface area contributed by atoms with Crippen LogP contribution in [0.25, 0.3) is 21.1 Å². The van der Waals surface area contributed by atoms with Crippen molar-refractivity contribution in [3.63, 3.8) is 0 Å². The maximum Gasteiger partial charge on any atom is 0.356 e. The van der Waals surface area contributed by atoms with Crippen molar-refractivity contribution in [2.75, 3.05) is 5.32 Å². The zero-order valence-electron chi connectivity index (χ0n) is 16.7. The first-order valence-corrected chi connectivity index (χ1v) is 10.6. The molecule has 152 valence electrons. The lowest BCUT2D eigenvalue weighted by atomic mass is 9.60. The van der Waals surface area contributed by atoms with Gasteiger partial charge in [-0.15, -0.1) is 0 Å². The van der Waals surface area contributed by atoms with Gasteiger partial charge in [-0.05, 0) is 48.2 Å². The third kappa shape index (κ3) is 3.64. The summed E-state index contributed by atoms with van der Waals surface area (Å²) < 4.78 is 6.85. The van der Waals surface area contributed by atoms with Crippen LogP contribution < -0.4 is 5.32 Å². The van der Waals surface area contributed by atoms with Crippen molar-refractivity contribution in [1.82, 2.24) is 19.0 Å². The molecule has 0 atom stereocenters. The number of aromatic carboxylic acids is 1. The summed E-state index contributed by atoms with van der Waals surface area (Å²) in [5.41, 5.74) is 3.89. The monoisotopic (exact) mass is 427 g/mol. The summed E-state index contributed by atoms with van der Waals surface area (Å²) in [5, 5.41) is 18.1. The molecule has 0 fully saturated rings. The molecule has 9 heteroatoms. The number of hydrogen-bond donors (Lipinski definition) is 2. The number of benzene rings is 2. The molecule has 2 N–H and O–H groups in total. The van der Waals surface area contributed by atoms with Gasteiger partial charge in [0.25, 0.3) is 6.85 Å². The van der Waals surface area contributed by atoms with E-state index in [1.165, 1.54) is 17.1 Å². The predicted octanol–water partition coefficient (Wildman–Crippen LogP) is 4.73. The Hall–Kier alpha value is -3.72. The Morgan fingerprint density at radius 3 is 2.81 bits per heavy atom. The maximum absolute atomic E-state index is 11.3. The van der Waals surface area contributed by atoms with E-state index in [0.717, 1.165) is 27.7 Å². The summed E-state index contributed by atoms with van der Waals surface area (Å²) in [6.45, 7) is 2.29. The summed E-state index contributed by atoms with van der Waals surface area (Å²) in [6.07, 6.45) is 2.61. The van der Waals surface area contributed by atoms with Crippen molar-refractivity contribution in [2.45, 2.75) is 13.1 Å². The second-order valence-corrected chi connectivity index (χ2v) is 8.18. The molecule has 5 aromatic rings. The van der Waals surface area contributed by atoms with Gasteiger partial charge >= 0.3 is 5.97 Å². The van der Waals surface area contributed by atoms with Crippen LogP contribution in [-0.4, -0.2) is 37.0 Å². The first kappa shape index (κ1) is 19.3. The van der Waals surface area contributed by atoms with E-state index in [9.17, 15) is 9.90 Å². The number of nitrogens with one attached hydrogen (secondary N) is 1. The molecule has 3 heterocycles. The van der Waals surface area contributed by atoms with E-state index in [2.05, 4.69) is 33.6 Å². The number of anilines is 2. The highest BCUT2D eigenvalue weighted by Gasteiger charge is 2.20. The van der Waals surface area contributed by atoms with E-state index in [-0.39, 0.29) is 12.5 Å². The quantitative estimate of drug-likeness (QED) is 0.381. The number of carboxylic acids is 1. The summed E-state index contributed by atoms with van der Waals surface area (Å²) in [5.74, 6) is -0.355. The topological polar surface area (TPSA) is 92.9 Å². The van der Waals surface area contributed by atoms with Crippen LogP contribution in [0.2, 0.25) is 6.82 Å². The molecule has 0 unspecified atom stereocenters. The van der Waals surface area contributed by atoms with Crippen LogP contribution >= 0.6 is 11.5 Å². The van der Waals surface area contributed by atoms with Gasteiger partial charge in [-0.3, -0.25) is 4.98 Å². The lowest BCUT2D eigenvalue weighted by Crippen LogP contribution is -2.25. The normalized spacial score (nSPS) is 11.1. The molecule has 0 spiro atoms. The zero-order valence-corrected chi connectivity index (χ0v) is 17.5. The molecule has 0 amide bonds. The number of carbonyl (C=O) groups is 1. The standard InChI is InChI=1S/C22H18BN5O2S/c1-23(13-14-6-3-2-4-7-14)28-17-8-5-11-24-20(17)21(26-28)25-15-9-10-16-18(12-15)31-27-19(16)22(29)30/h2-12H,13H2,1H3,(H,25,26)(H,29,30). The molecule has 0 saturated carbocycles. The first-order chi connectivity index (χ1) is 15.1. The fraction of sp³-hybridized carbons (Fsp3) is 0.0909. The number of hydrogen-bond acceptors (Lipinski definition) is 6. The fourth-order valence-electron chi connectivity index (χ4n) is 3.74. The van der Waals surface area contributed by atoms with E-state index in [1.807, 2.05) is 47.1 Å². The van der Waals surface area contributed by atoms with Gasteiger partial charge in [0.05, 0.1) is 10.2 Å². The molecule has 0 aliphatic heterocycles. The number of carboxylic acid groups (broad SMARTS) is 1. The summed E-state index contributed by atoms with van der Waals surface area (Å²) in [4.78, 5) is 15.8. The van der Waals surface area contributed by atoms with Crippen LogP contribution in [0.5, 0.6) is 0 Å². The highest BCUT2D eigenvalue weighted by Crippen LogP contribution is 2.29. The highest BCUT2D eigenvalue weighted by atomic mass is 32.1. The zero-order chi connectivity index (χ0) is 21.4. The number of rotatable bonds is 6. The van der Waals surface area contributed by atoms with Crippen molar-refractivity contribution in [2.24, 2.45) is 0 Å². The minimum Gasteiger partial charge on any atom is -0.476 e. The fourth-order valence-corrected chi connectivity index (χ4v) is 4.55. The van der Waals surface area contributed by atoms with Gasteiger partial charge < -0.3 is 15.0 Å². The van der Waals surface area contributed by atoms with E-state index in [0.29, 0.717) is 11.2 Å². The summed E-state index contributed by atoms with van der Waals surface area (Å²) in [6, 6.07) is 19.8. The van der Waals surface area contributed by atoms with Crippen LogP contribution in [-0.2, 0) is 6.32 Å². The van der Waals surface area contributed by atoms with Gasteiger partial charge in [0.15, 0.2) is 11.5 Å². The Balaban J connectivity index is 1.49.